The van der Waals surface area contributed by atoms with Crippen LogP contribution in [-0.4, -0.2) is 21.1 Å². The number of para-hydroxylation sites is 1. The molecule has 22 heavy (non-hydrogen) atoms. The van der Waals surface area contributed by atoms with Crippen LogP contribution >= 0.6 is 12.2 Å². The molecule has 0 spiro atoms. The van der Waals surface area contributed by atoms with Gasteiger partial charge in [-0.05, 0) is 35.7 Å². The van der Waals surface area contributed by atoms with Gasteiger partial charge in [0.25, 0.3) is 0 Å². The van der Waals surface area contributed by atoms with Crippen LogP contribution in [0.15, 0.2) is 18.2 Å². The first-order chi connectivity index (χ1) is 10.3. The molecule has 0 aliphatic rings. The summed E-state index contributed by atoms with van der Waals surface area (Å²) >= 11 is 4.89. The largest absolute Gasteiger partial charge is 0.326 e. The Balaban J connectivity index is 2.10. The van der Waals surface area contributed by atoms with Crippen molar-refractivity contribution in [2.45, 2.75) is 46.0 Å². The van der Waals surface area contributed by atoms with Crippen molar-refractivity contribution in [1.29, 1.82) is 0 Å². The third-order valence-electron chi connectivity index (χ3n) is 3.48. The van der Waals surface area contributed by atoms with Gasteiger partial charge in [-0.1, -0.05) is 39.0 Å². The SMILES string of the molecule is Cc1cccc(C(C)(C)C)c1NC(=O)CCc1nc(=S)[nH][nH]1. The number of aryl methyl sites for hydroxylation is 2. The summed E-state index contributed by atoms with van der Waals surface area (Å²) in [6.07, 6.45) is 0.879. The molecule has 0 atom stereocenters. The Morgan fingerprint density at radius 3 is 2.64 bits per heavy atom. The highest BCUT2D eigenvalue weighted by molar-refractivity contribution is 7.71. The summed E-state index contributed by atoms with van der Waals surface area (Å²) in [6, 6.07) is 6.10. The summed E-state index contributed by atoms with van der Waals surface area (Å²) in [5, 5.41) is 8.62. The lowest BCUT2D eigenvalue weighted by Gasteiger charge is -2.24. The Labute approximate surface area is 135 Å². The second-order valence-electron chi connectivity index (χ2n) is 6.41. The van der Waals surface area contributed by atoms with Gasteiger partial charge in [0.05, 0.1) is 0 Å². The Kier molecular flexibility index (Phi) is 4.81. The van der Waals surface area contributed by atoms with E-state index in [0.717, 1.165) is 16.8 Å². The van der Waals surface area contributed by atoms with Crippen molar-refractivity contribution in [1.82, 2.24) is 15.2 Å². The van der Waals surface area contributed by atoms with Gasteiger partial charge in [0.1, 0.15) is 5.82 Å². The molecule has 2 aromatic rings. The number of anilines is 1. The molecule has 5 nitrogen and oxygen atoms in total. The van der Waals surface area contributed by atoms with Crippen molar-refractivity contribution >= 4 is 23.8 Å². The maximum atomic E-state index is 12.2. The first-order valence-corrected chi connectivity index (χ1v) is 7.71. The highest BCUT2D eigenvalue weighted by atomic mass is 32.1. The quantitative estimate of drug-likeness (QED) is 0.753. The molecule has 0 saturated carbocycles. The Morgan fingerprint density at radius 2 is 2.05 bits per heavy atom. The number of aromatic nitrogens is 3. The van der Waals surface area contributed by atoms with Crippen LogP contribution in [0, 0.1) is 11.7 Å². The number of benzene rings is 1. The third kappa shape index (κ3) is 4.04. The van der Waals surface area contributed by atoms with Crippen LogP contribution in [0.25, 0.3) is 0 Å². The van der Waals surface area contributed by atoms with Crippen LogP contribution in [0.3, 0.4) is 0 Å². The summed E-state index contributed by atoms with van der Waals surface area (Å²) in [6.45, 7) is 8.43. The number of rotatable bonds is 4. The smallest absolute Gasteiger partial charge is 0.224 e. The first kappa shape index (κ1) is 16.4. The van der Waals surface area contributed by atoms with Crippen molar-refractivity contribution in [3.05, 3.63) is 39.9 Å². The van der Waals surface area contributed by atoms with E-state index < -0.39 is 0 Å². The molecule has 0 bridgehead atoms. The average molecular weight is 318 g/mol. The van der Waals surface area contributed by atoms with E-state index in [1.807, 2.05) is 19.1 Å². The van der Waals surface area contributed by atoms with Crippen molar-refractivity contribution < 1.29 is 4.79 Å². The van der Waals surface area contributed by atoms with E-state index in [1.54, 1.807) is 0 Å². The minimum atomic E-state index is -0.0260. The molecule has 0 saturated heterocycles. The predicted molar refractivity (Wildman–Crippen MR) is 90.6 cm³/mol. The average Bonchev–Trinajstić information content (AvgIpc) is 2.83. The summed E-state index contributed by atoms with van der Waals surface area (Å²) in [7, 11) is 0. The summed E-state index contributed by atoms with van der Waals surface area (Å²) in [4.78, 5) is 16.3. The molecule has 0 unspecified atom stereocenters. The Bertz CT molecular complexity index is 724. The predicted octanol–water partition coefficient (Wildman–Crippen LogP) is 3.64. The van der Waals surface area contributed by atoms with Gasteiger partial charge in [-0.25, -0.2) is 4.98 Å². The van der Waals surface area contributed by atoms with E-state index in [-0.39, 0.29) is 11.3 Å². The van der Waals surface area contributed by atoms with Gasteiger partial charge in [0.2, 0.25) is 10.7 Å². The van der Waals surface area contributed by atoms with Crippen LogP contribution in [0.5, 0.6) is 0 Å². The number of H-pyrrole nitrogens is 2. The van der Waals surface area contributed by atoms with E-state index in [4.69, 9.17) is 12.2 Å². The van der Waals surface area contributed by atoms with Gasteiger partial charge in [-0.15, -0.1) is 0 Å². The normalized spacial score (nSPS) is 11.5. The number of carbonyl (C=O) groups excluding carboxylic acids is 1. The highest BCUT2D eigenvalue weighted by Gasteiger charge is 2.20. The van der Waals surface area contributed by atoms with Crippen LogP contribution in [0.2, 0.25) is 0 Å². The number of nitrogens with zero attached hydrogens (tertiary/aromatic N) is 1. The minimum Gasteiger partial charge on any atom is -0.326 e. The number of carbonyl (C=O) groups is 1. The van der Waals surface area contributed by atoms with Crippen LogP contribution < -0.4 is 5.32 Å². The number of amides is 1. The molecule has 1 heterocycles. The van der Waals surface area contributed by atoms with E-state index >= 15 is 0 Å². The van der Waals surface area contributed by atoms with Gasteiger partial charge in [0.15, 0.2) is 0 Å². The monoisotopic (exact) mass is 318 g/mol. The molecule has 0 fully saturated rings. The number of hydrogen-bond acceptors (Lipinski definition) is 3. The van der Waals surface area contributed by atoms with Gasteiger partial charge in [-0.3, -0.25) is 15.0 Å². The minimum absolute atomic E-state index is 0.0258. The Morgan fingerprint density at radius 1 is 1.32 bits per heavy atom. The lowest BCUT2D eigenvalue weighted by atomic mass is 9.84. The molecular weight excluding hydrogens is 296 g/mol. The van der Waals surface area contributed by atoms with Crippen LogP contribution in [0.1, 0.15) is 44.1 Å². The standard InChI is InChI=1S/C16H22N4OS/c1-10-6-5-7-11(16(2,3)4)14(10)18-13(21)9-8-12-17-15(22)20-19-12/h5-7H,8-9H2,1-4H3,(H,18,21)(H2,17,19,20,22). The van der Waals surface area contributed by atoms with E-state index in [1.165, 1.54) is 0 Å². The molecule has 3 N–H and O–H groups in total. The maximum absolute atomic E-state index is 12.2. The lowest BCUT2D eigenvalue weighted by molar-refractivity contribution is -0.116. The summed E-state index contributed by atoms with van der Waals surface area (Å²) in [5.41, 5.74) is 3.09. The Hall–Kier alpha value is -1.95. The topological polar surface area (TPSA) is 73.6 Å². The zero-order valence-corrected chi connectivity index (χ0v) is 14.2. The second-order valence-corrected chi connectivity index (χ2v) is 6.80. The fourth-order valence-electron chi connectivity index (χ4n) is 2.32. The molecule has 0 aliphatic carbocycles. The van der Waals surface area contributed by atoms with Crippen LogP contribution in [-0.2, 0) is 16.6 Å². The maximum Gasteiger partial charge on any atom is 0.224 e. The third-order valence-corrected chi connectivity index (χ3v) is 3.68. The summed E-state index contributed by atoms with van der Waals surface area (Å²) in [5.74, 6) is 0.670. The molecule has 118 valence electrons. The molecule has 0 aliphatic heterocycles. The molecule has 1 aromatic heterocycles. The van der Waals surface area contributed by atoms with Crippen molar-refractivity contribution in [2.75, 3.05) is 5.32 Å². The zero-order chi connectivity index (χ0) is 16.3. The number of hydrogen-bond donors (Lipinski definition) is 3. The van der Waals surface area contributed by atoms with Gasteiger partial charge in [0, 0.05) is 18.5 Å². The number of nitrogens with one attached hydrogen (secondary N) is 3. The van der Waals surface area contributed by atoms with Crippen LogP contribution in [0.4, 0.5) is 5.69 Å². The lowest BCUT2D eigenvalue weighted by Crippen LogP contribution is -2.20. The molecule has 6 heteroatoms. The second kappa shape index (κ2) is 6.44. The van der Waals surface area contributed by atoms with E-state index in [9.17, 15) is 4.79 Å². The number of aromatic amines is 2. The summed E-state index contributed by atoms with van der Waals surface area (Å²) < 4.78 is 0.407. The van der Waals surface area contributed by atoms with Gasteiger partial charge >= 0.3 is 0 Å². The van der Waals surface area contributed by atoms with Crippen molar-refractivity contribution in [3.63, 3.8) is 0 Å². The molecule has 1 amide bonds. The highest BCUT2D eigenvalue weighted by Crippen LogP contribution is 2.31. The molecular formula is C16H22N4OS. The fraction of sp³-hybridized carbons (Fsp3) is 0.438. The van der Waals surface area contributed by atoms with E-state index in [2.05, 4.69) is 47.3 Å². The van der Waals surface area contributed by atoms with E-state index in [0.29, 0.717) is 23.4 Å². The fourth-order valence-corrected chi connectivity index (χ4v) is 2.48. The van der Waals surface area contributed by atoms with Crippen molar-refractivity contribution in [2.24, 2.45) is 0 Å². The van der Waals surface area contributed by atoms with Gasteiger partial charge in [-0.2, -0.15) is 0 Å². The van der Waals surface area contributed by atoms with Gasteiger partial charge < -0.3 is 5.32 Å². The molecule has 1 aromatic carbocycles. The molecule has 2 rings (SSSR count). The first-order valence-electron chi connectivity index (χ1n) is 7.31. The van der Waals surface area contributed by atoms with Crippen molar-refractivity contribution in [3.8, 4) is 0 Å². The molecule has 0 radical (unpaired) electrons. The zero-order valence-electron chi connectivity index (χ0n) is 13.4.